The molecule has 0 bridgehead atoms. The van der Waals surface area contributed by atoms with Gasteiger partial charge in [0.25, 0.3) is 0 Å². The van der Waals surface area contributed by atoms with Crippen molar-refractivity contribution in [3.05, 3.63) is 34.1 Å². The molecule has 0 saturated heterocycles. The summed E-state index contributed by atoms with van der Waals surface area (Å²) in [5.41, 5.74) is 0.791. The molecule has 0 saturated carbocycles. The Morgan fingerprint density at radius 3 is 2.71 bits per heavy atom. The third-order valence-electron chi connectivity index (χ3n) is 2.04. The molecule has 0 radical (unpaired) electrons. The first-order chi connectivity index (χ1) is 7.82. The molecule has 0 aromatic heterocycles. The highest BCUT2D eigenvalue weighted by molar-refractivity contribution is 9.10. The molecule has 0 aliphatic carbocycles. The minimum Gasteiger partial charge on any atom is -0.591 e. The fourth-order valence-electron chi connectivity index (χ4n) is 1.07. The van der Waals surface area contributed by atoms with Crippen LogP contribution in [0.4, 0.5) is 4.39 Å². The molecule has 0 aliphatic heterocycles. The van der Waals surface area contributed by atoms with Crippen LogP contribution in [0, 0.1) is 5.82 Å². The Morgan fingerprint density at radius 1 is 1.47 bits per heavy atom. The van der Waals surface area contributed by atoms with Crippen molar-refractivity contribution >= 4 is 33.5 Å². The predicted octanol–water partition coefficient (Wildman–Crippen LogP) is 3.66. The van der Waals surface area contributed by atoms with Gasteiger partial charge in [-0.05, 0) is 48.3 Å². The van der Waals surface area contributed by atoms with Crippen molar-refractivity contribution in [1.29, 1.82) is 0 Å². The van der Waals surface area contributed by atoms with Crippen LogP contribution >= 0.6 is 15.9 Å². The van der Waals surface area contributed by atoms with Gasteiger partial charge in [0, 0.05) is 6.42 Å². The monoisotopic (exact) mass is 319 g/mol. The summed E-state index contributed by atoms with van der Waals surface area (Å²) < 4.78 is 28.9. The molecule has 1 rings (SSSR count). The average Bonchev–Trinajstić information content (AvgIpc) is 2.22. The second-order valence-electron chi connectivity index (χ2n) is 4.57. The third-order valence-corrected chi connectivity index (χ3v) is 4.31. The topological polar surface area (TPSA) is 35.4 Å². The van der Waals surface area contributed by atoms with Crippen LogP contribution in [-0.2, 0) is 17.8 Å². The Hall–Kier alpha value is -0.390. The molecule has 1 aromatic rings. The van der Waals surface area contributed by atoms with Gasteiger partial charge in [-0.25, -0.2) is 4.39 Å². The molecule has 0 N–H and O–H groups in total. The van der Waals surface area contributed by atoms with E-state index in [9.17, 15) is 8.94 Å². The van der Waals surface area contributed by atoms with Crippen molar-refractivity contribution < 1.29 is 8.94 Å². The lowest BCUT2D eigenvalue weighted by molar-refractivity contribution is 0.561. The Balaban J connectivity index is 2.68. The SMILES string of the molecule is CC(C)(C)[S+]([O-])N=CCc1cccc(F)c1Br. The molecule has 0 spiro atoms. The molecule has 0 amide bonds. The van der Waals surface area contributed by atoms with Crippen LogP contribution in [0.15, 0.2) is 27.1 Å². The minimum atomic E-state index is -1.26. The van der Waals surface area contributed by atoms with Gasteiger partial charge in [-0.2, -0.15) is 0 Å². The first-order valence-electron chi connectivity index (χ1n) is 5.20. The standard InChI is InChI=1S/C12H15BrFNOS/c1-12(2,3)17(16)15-8-7-9-5-4-6-10(14)11(9)13/h4-6,8H,7H2,1-3H3. The van der Waals surface area contributed by atoms with Crippen molar-refractivity contribution in [2.75, 3.05) is 0 Å². The summed E-state index contributed by atoms with van der Waals surface area (Å²) in [7, 11) is 0. The molecular formula is C12H15BrFNOS. The number of rotatable bonds is 3. The molecule has 5 heteroatoms. The van der Waals surface area contributed by atoms with Crippen LogP contribution in [0.2, 0.25) is 0 Å². The Kier molecular flexibility index (Phi) is 5.16. The average molecular weight is 320 g/mol. The summed E-state index contributed by atoms with van der Waals surface area (Å²) in [5, 5.41) is 0. The Morgan fingerprint density at radius 2 is 2.12 bits per heavy atom. The van der Waals surface area contributed by atoms with E-state index in [1.807, 2.05) is 20.8 Å². The van der Waals surface area contributed by atoms with Gasteiger partial charge in [0.1, 0.15) is 21.9 Å². The lowest BCUT2D eigenvalue weighted by Crippen LogP contribution is -2.25. The number of benzene rings is 1. The molecule has 2 nitrogen and oxygen atoms in total. The van der Waals surface area contributed by atoms with E-state index in [1.54, 1.807) is 18.3 Å². The maximum atomic E-state index is 13.2. The van der Waals surface area contributed by atoms with Crippen LogP contribution in [0.1, 0.15) is 26.3 Å². The second kappa shape index (κ2) is 5.98. The second-order valence-corrected chi connectivity index (χ2v) is 7.29. The lowest BCUT2D eigenvalue weighted by Gasteiger charge is -2.17. The summed E-state index contributed by atoms with van der Waals surface area (Å²) >= 11 is 1.91. The van der Waals surface area contributed by atoms with Crippen LogP contribution in [0.5, 0.6) is 0 Å². The number of halogens is 2. The first kappa shape index (κ1) is 14.7. The minimum absolute atomic E-state index is 0.298. The summed E-state index contributed by atoms with van der Waals surface area (Å²) in [4.78, 5) is 0. The quantitative estimate of drug-likeness (QED) is 0.618. The molecule has 94 valence electrons. The third kappa shape index (κ3) is 4.41. The van der Waals surface area contributed by atoms with Crippen molar-refractivity contribution in [3.8, 4) is 0 Å². The van der Waals surface area contributed by atoms with Gasteiger partial charge in [-0.3, -0.25) is 0 Å². The number of hydrogen-bond acceptors (Lipinski definition) is 2. The highest BCUT2D eigenvalue weighted by Gasteiger charge is 2.25. The van der Waals surface area contributed by atoms with Crippen molar-refractivity contribution in [2.24, 2.45) is 4.40 Å². The largest absolute Gasteiger partial charge is 0.591 e. The zero-order valence-electron chi connectivity index (χ0n) is 10.0. The van der Waals surface area contributed by atoms with E-state index < -0.39 is 11.4 Å². The highest BCUT2D eigenvalue weighted by atomic mass is 79.9. The van der Waals surface area contributed by atoms with E-state index in [2.05, 4.69) is 20.3 Å². The zero-order valence-corrected chi connectivity index (χ0v) is 12.4. The van der Waals surface area contributed by atoms with Crippen molar-refractivity contribution in [3.63, 3.8) is 0 Å². The van der Waals surface area contributed by atoms with Crippen molar-refractivity contribution in [2.45, 2.75) is 31.9 Å². The van der Waals surface area contributed by atoms with Crippen LogP contribution in [0.25, 0.3) is 0 Å². The van der Waals surface area contributed by atoms with Gasteiger partial charge in [0.15, 0.2) is 0 Å². The van der Waals surface area contributed by atoms with Crippen LogP contribution < -0.4 is 0 Å². The normalized spacial score (nSPS) is 14.2. The Labute approximate surface area is 113 Å². The van der Waals surface area contributed by atoms with Gasteiger partial charge in [0.2, 0.25) is 0 Å². The van der Waals surface area contributed by atoms with E-state index in [1.165, 1.54) is 6.07 Å². The number of hydrogen-bond donors (Lipinski definition) is 0. The van der Waals surface area contributed by atoms with Crippen LogP contribution in [-0.4, -0.2) is 15.5 Å². The smallest absolute Gasteiger partial charge is 0.144 e. The fourth-order valence-corrected chi connectivity index (χ4v) is 2.02. The van der Waals surface area contributed by atoms with Gasteiger partial charge in [-0.15, -0.1) is 0 Å². The predicted molar refractivity (Wildman–Crippen MR) is 74.2 cm³/mol. The van der Waals surface area contributed by atoms with E-state index >= 15 is 0 Å². The Bertz CT molecular complexity index is 417. The van der Waals surface area contributed by atoms with Gasteiger partial charge in [-0.1, -0.05) is 16.5 Å². The molecule has 1 atom stereocenters. The zero-order chi connectivity index (χ0) is 13.1. The van der Waals surface area contributed by atoms with E-state index in [0.717, 1.165) is 5.56 Å². The molecule has 0 heterocycles. The summed E-state index contributed by atoms with van der Waals surface area (Å²) in [6.45, 7) is 5.58. The molecule has 1 aromatic carbocycles. The number of nitrogens with zero attached hydrogens (tertiary/aromatic N) is 1. The summed E-state index contributed by atoms with van der Waals surface area (Å²) in [6.07, 6.45) is 2.03. The molecule has 1 unspecified atom stereocenters. The van der Waals surface area contributed by atoms with E-state index in [4.69, 9.17) is 0 Å². The summed E-state index contributed by atoms with van der Waals surface area (Å²) in [6, 6.07) is 4.83. The van der Waals surface area contributed by atoms with E-state index in [-0.39, 0.29) is 10.6 Å². The van der Waals surface area contributed by atoms with Gasteiger partial charge in [0.05, 0.1) is 10.7 Å². The van der Waals surface area contributed by atoms with E-state index in [0.29, 0.717) is 10.9 Å². The van der Waals surface area contributed by atoms with Gasteiger partial charge >= 0.3 is 0 Å². The molecule has 0 aliphatic rings. The molecular weight excluding hydrogens is 305 g/mol. The maximum Gasteiger partial charge on any atom is 0.144 e. The van der Waals surface area contributed by atoms with Gasteiger partial charge < -0.3 is 4.55 Å². The summed E-state index contributed by atoms with van der Waals surface area (Å²) in [5.74, 6) is -0.298. The molecule has 0 fully saturated rings. The molecule has 17 heavy (non-hydrogen) atoms. The highest BCUT2D eigenvalue weighted by Crippen LogP contribution is 2.21. The van der Waals surface area contributed by atoms with Crippen molar-refractivity contribution in [1.82, 2.24) is 0 Å². The fraction of sp³-hybridized carbons (Fsp3) is 0.417. The maximum absolute atomic E-state index is 13.2. The first-order valence-corrected chi connectivity index (χ1v) is 7.10. The van der Waals surface area contributed by atoms with Crippen LogP contribution in [0.3, 0.4) is 0 Å². The lowest BCUT2D eigenvalue weighted by atomic mass is 10.2.